The molecule has 1 heterocycles. The van der Waals surface area contributed by atoms with Crippen molar-refractivity contribution in [3.05, 3.63) is 28.8 Å². The number of rotatable bonds is 4. The maximum Gasteiger partial charge on any atom is 0.275 e. The fourth-order valence-corrected chi connectivity index (χ4v) is 2.14. The molecule has 0 bridgehead atoms. The van der Waals surface area contributed by atoms with Crippen LogP contribution in [0.15, 0.2) is 18.2 Å². The summed E-state index contributed by atoms with van der Waals surface area (Å²) >= 11 is 5.89. The van der Waals surface area contributed by atoms with E-state index in [0.717, 1.165) is 5.56 Å². The lowest BCUT2D eigenvalue weighted by Gasteiger charge is -2.28. The van der Waals surface area contributed by atoms with Crippen molar-refractivity contribution in [1.82, 2.24) is 10.4 Å². The van der Waals surface area contributed by atoms with Crippen LogP contribution >= 0.6 is 11.6 Å². The fourth-order valence-electron chi connectivity index (χ4n) is 1.91. The third-order valence-corrected chi connectivity index (χ3v) is 3.32. The van der Waals surface area contributed by atoms with Crippen molar-refractivity contribution in [2.45, 2.75) is 20.0 Å². The largest absolute Gasteiger partial charge is 0.481 e. The number of nitrogens with one attached hydrogen (secondary N) is 1. The Morgan fingerprint density at radius 3 is 2.80 bits per heavy atom. The van der Waals surface area contributed by atoms with E-state index in [1.165, 1.54) is 0 Å². The molecule has 0 spiro atoms. The van der Waals surface area contributed by atoms with Crippen LogP contribution in [0.4, 0.5) is 0 Å². The fraction of sp³-hybridized carbons (Fsp3) is 0.500. The van der Waals surface area contributed by atoms with Gasteiger partial charge in [0.2, 0.25) is 0 Å². The van der Waals surface area contributed by atoms with Gasteiger partial charge in [-0.25, -0.2) is 5.01 Å². The second-order valence-electron chi connectivity index (χ2n) is 4.75. The third-order valence-electron chi connectivity index (χ3n) is 3.09. The standard InChI is InChI=1S/C14H19ClN2O3/c1-10-9-12(15)3-4-13(10)20-11(2)14(18)16-17-5-7-19-8-6-17/h3-4,9,11H,5-8H2,1-2H3,(H,16,18)/t11-/m0/s1. The van der Waals surface area contributed by atoms with E-state index in [0.29, 0.717) is 37.1 Å². The van der Waals surface area contributed by atoms with Gasteiger partial charge in [0.25, 0.3) is 5.91 Å². The van der Waals surface area contributed by atoms with Crippen molar-refractivity contribution in [2.24, 2.45) is 0 Å². The molecule has 0 unspecified atom stereocenters. The molecule has 1 N–H and O–H groups in total. The minimum Gasteiger partial charge on any atom is -0.481 e. The monoisotopic (exact) mass is 298 g/mol. The molecule has 0 aliphatic carbocycles. The molecule has 1 aromatic carbocycles. The summed E-state index contributed by atoms with van der Waals surface area (Å²) in [5, 5.41) is 2.50. The summed E-state index contributed by atoms with van der Waals surface area (Å²) < 4.78 is 10.9. The molecule has 20 heavy (non-hydrogen) atoms. The van der Waals surface area contributed by atoms with E-state index < -0.39 is 6.10 Å². The van der Waals surface area contributed by atoms with Crippen molar-refractivity contribution in [3.8, 4) is 5.75 Å². The Balaban J connectivity index is 1.89. The number of carbonyl (C=O) groups is 1. The zero-order valence-electron chi connectivity index (χ0n) is 11.7. The normalized spacial score (nSPS) is 17.6. The number of benzene rings is 1. The van der Waals surface area contributed by atoms with Crippen LogP contribution in [0.2, 0.25) is 5.02 Å². The van der Waals surface area contributed by atoms with E-state index in [-0.39, 0.29) is 5.91 Å². The van der Waals surface area contributed by atoms with E-state index >= 15 is 0 Å². The van der Waals surface area contributed by atoms with Gasteiger partial charge in [-0.2, -0.15) is 0 Å². The van der Waals surface area contributed by atoms with Crippen LogP contribution in [0.25, 0.3) is 0 Å². The van der Waals surface area contributed by atoms with Crippen LogP contribution in [0, 0.1) is 6.92 Å². The lowest BCUT2D eigenvalue weighted by Crippen LogP contribution is -2.51. The molecule has 1 fully saturated rings. The summed E-state index contributed by atoms with van der Waals surface area (Å²) in [6.45, 7) is 6.27. The van der Waals surface area contributed by atoms with E-state index in [2.05, 4.69) is 5.43 Å². The Morgan fingerprint density at radius 2 is 2.15 bits per heavy atom. The number of aryl methyl sites for hydroxylation is 1. The summed E-state index contributed by atoms with van der Waals surface area (Å²) in [6, 6.07) is 5.33. The van der Waals surface area contributed by atoms with Gasteiger partial charge in [-0.15, -0.1) is 0 Å². The molecule has 1 atom stereocenters. The Morgan fingerprint density at radius 1 is 1.45 bits per heavy atom. The summed E-state index contributed by atoms with van der Waals surface area (Å²) in [5.41, 5.74) is 3.74. The average Bonchev–Trinajstić information content (AvgIpc) is 2.43. The molecule has 1 amide bonds. The van der Waals surface area contributed by atoms with Gasteiger partial charge < -0.3 is 9.47 Å². The first-order valence-corrected chi connectivity index (χ1v) is 7.00. The smallest absolute Gasteiger partial charge is 0.275 e. The van der Waals surface area contributed by atoms with Gasteiger partial charge in [0, 0.05) is 18.1 Å². The topological polar surface area (TPSA) is 50.8 Å². The first kappa shape index (κ1) is 15.1. The van der Waals surface area contributed by atoms with Crippen LogP contribution < -0.4 is 10.2 Å². The van der Waals surface area contributed by atoms with Gasteiger partial charge in [0.05, 0.1) is 13.2 Å². The van der Waals surface area contributed by atoms with Gasteiger partial charge >= 0.3 is 0 Å². The number of carbonyl (C=O) groups excluding carboxylic acids is 1. The molecule has 1 aliphatic heterocycles. The highest BCUT2D eigenvalue weighted by molar-refractivity contribution is 6.30. The van der Waals surface area contributed by atoms with Crippen molar-refractivity contribution >= 4 is 17.5 Å². The third kappa shape index (κ3) is 4.10. The van der Waals surface area contributed by atoms with E-state index in [1.54, 1.807) is 19.1 Å². The predicted molar refractivity (Wildman–Crippen MR) is 76.8 cm³/mol. The highest BCUT2D eigenvalue weighted by Crippen LogP contribution is 2.22. The summed E-state index contributed by atoms with van der Waals surface area (Å²) in [6.07, 6.45) is -0.572. The van der Waals surface area contributed by atoms with Crippen LogP contribution in [0.5, 0.6) is 5.75 Å². The van der Waals surface area contributed by atoms with Gasteiger partial charge in [-0.1, -0.05) is 11.6 Å². The second kappa shape index (κ2) is 6.92. The Hall–Kier alpha value is -1.30. The molecule has 5 nitrogen and oxygen atoms in total. The van der Waals surface area contributed by atoms with Gasteiger partial charge in [-0.05, 0) is 37.6 Å². The maximum absolute atomic E-state index is 12.0. The Bertz CT molecular complexity index is 475. The minimum atomic E-state index is -0.572. The van der Waals surface area contributed by atoms with Gasteiger partial charge in [-0.3, -0.25) is 10.2 Å². The molecule has 0 aromatic heterocycles. The van der Waals surface area contributed by atoms with Crippen molar-refractivity contribution in [3.63, 3.8) is 0 Å². The van der Waals surface area contributed by atoms with E-state index in [4.69, 9.17) is 21.1 Å². The number of halogens is 1. The lowest BCUT2D eigenvalue weighted by molar-refractivity contribution is -0.134. The van der Waals surface area contributed by atoms with Gasteiger partial charge in [0.1, 0.15) is 5.75 Å². The van der Waals surface area contributed by atoms with Crippen molar-refractivity contribution in [2.75, 3.05) is 26.3 Å². The number of ether oxygens (including phenoxy) is 2. The maximum atomic E-state index is 12.0. The van der Waals surface area contributed by atoms with Crippen LogP contribution in [-0.4, -0.2) is 43.3 Å². The first-order chi connectivity index (χ1) is 9.56. The minimum absolute atomic E-state index is 0.166. The zero-order chi connectivity index (χ0) is 14.5. The molecule has 0 radical (unpaired) electrons. The molecule has 6 heteroatoms. The number of morpholine rings is 1. The SMILES string of the molecule is Cc1cc(Cl)ccc1O[C@@H](C)C(=O)NN1CCOCC1. The molecular formula is C14H19ClN2O3. The van der Waals surface area contributed by atoms with Crippen molar-refractivity contribution < 1.29 is 14.3 Å². The van der Waals surface area contributed by atoms with Crippen molar-refractivity contribution in [1.29, 1.82) is 0 Å². The summed E-state index contributed by atoms with van der Waals surface area (Å²) in [7, 11) is 0. The number of nitrogens with zero attached hydrogens (tertiary/aromatic N) is 1. The second-order valence-corrected chi connectivity index (χ2v) is 5.18. The highest BCUT2D eigenvalue weighted by atomic mass is 35.5. The predicted octanol–water partition coefficient (Wildman–Crippen LogP) is 1.78. The highest BCUT2D eigenvalue weighted by Gasteiger charge is 2.19. The molecule has 1 aromatic rings. The number of amides is 1. The van der Waals surface area contributed by atoms with E-state index in [9.17, 15) is 4.79 Å². The number of hydrogen-bond acceptors (Lipinski definition) is 4. The van der Waals surface area contributed by atoms with Gasteiger partial charge in [0.15, 0.2) is 6.10 Å². The van der Waals surface area contributed by atoms with Crippen LogP contribution in [0.1, 0.15) is 12.5 Å². The Kier molecular flexibility index (Phi) is 5.23. The molecular weight excluding hydrogens is 280 g/mol. The van der Waals surface area contributed by atoms with Crippen LogP contribution in [-0.2, 0) is 9.53 Å². The number of hydrogen-bond donors (Lipinski definition) is 1. The first-order valence-electron chi connectivity index (χ1n) is 6.62. The van der Waals surface area contributed by atoms with E-state index in [1.807, 2.05) is 18.0 Å². The molecule has 1 saturated heterocycles. The van der Waals surface area contributed by atoms with Crippen LogP contribution in [0.3, 0.4) is 0 Å². The Labute approximate surface area is 123 Å². The molecule has 2 rings (SSSR count). The average molecular weight is 299 g/mol. The number of hydrazine groups is 1. The zero-order valence-corrected chi connectivity index (χ0v) is 12.4. The molecule has 1 aliphatic rings. The quantitative estimate of drug-likeness (QED) is 0.920. The lowest BCUT2D eigenvalue weighted by atomic mass is 10.2. The molecule has 110 valence electrons. The summed E-state index contributed by atoms with van der Waals surface area (Å²) in [4.78, 5) is 12.0. The molecule has 0 saturated carbocycles. The summed E-state index contributed by atoms with van der Waals surface area (Å²) in [5.74, 6) is 0.500.